The highest BCUT2D eigenvalue weighted by molar-refractivity contribution is 9.10. The van der Waals surface area contributed by atoms with Crippen molar-refractivity contribution in [2.45, 2.75) is 6.10 Å². The molecule has 0 amide bonds. The molecule has 0 aliphatic carbocycles. The summed E-state index contributed by atoms with van der Waals surface area (Å²) in [6.07, 6.45) is 0.779. The molecule has 2 aromatic carbocycles. The first kappa shape index (κ1) is 14.9. The number of halogens is 2. The summed E-state index contributed by atoms with van der Waals surface area (Å²) in [5, 5.41) is 14.3. The third-order valence-electron chi connectivity index (χ3n) is 3.47. The van der Waals surface area contributed by atoms with E-state index >= 15 is 0 Å². The van der Waals surface area contributed by atoms with Gasteiger partial charge >= 0.3 is 0 Å². The Balaban J connectivity index is 1.83. The van der Waals surface area contributed by atoms with Gasteiger partial charge in [0.15, 0.2) is 0 Å². The summed E-state index contributed by atoms with van der Waals surface area (Å²) in [7, 11) is 0. The second-order valence-corrected chi connectivity index (χ2v) is 5.77. The van der Waals surface area contributed by atoms with Crippen LogP contribution >= 0.6 is 15.9 Å². The number of rotatable bonds is 4. The van der Waals surface area contributed by atoms with E-state index in [-0.39, 0.29) is 12.1 Å². The minimum atomic E-state index is -0.920. The van der Waals surface area contributed by atoms with Crippen LogP contribution in [0.1, 0.15) is 11.7 Å². The topological polar surface area (TPSA) is 45.1 Å². The van der Waals surface area contributed by atoms with Gasteiger partial charge in [-0.2, -0.15) is 0 Å². The molecule has 112 valence electrons. The van der Waals surface area contributed by atoms with E-state index in [0.717, 1.165) is 21.1 Å². The van der Waals surface area contributed by atoms with Crippen molar-refractivity contribution in [3.05, 3.63) is 70.6 Å². The second kappa shape index (κ2) is 6.42. The highest BCUT2D eigenvalue weighted by atomic mass is 79.9. The van der Waals surface area contributed by atoms with E-state index in [0.29, 0.717) is 0 Å². The minimum absolute atomic E-state index is 0.215. The molecule has 5 heteroatoms. The van der Waals surface area contributed by atoms with Gasteiger partial charge in [-0.1, -0.05) is 30.3 Å². The Labute approximate surface area is 135 Å². The van der Waals surface area contributed by atoms with Crippen molar-refractivity contribution >= 4 is 32.5 Å². The van der Waals surface area contributed by atoms with E-state index in [1.54, 1.807) is 24.4 Å². The predicted molar refractivity (Wildman–Crippen MR) is 89.3 cm³/mol. The van der Waals surface area contributed by atoms with Gasteiger partial charge in [0, 0.05) is 33.9 Å². The fourth-order valence-electron chi connectivity index (χ4n) is 2.36. The predicted octanol–water partition coefficient (Wildman–Crippen LogP) is 4.28. The number of para-hydroxylation sites is 1. The monoisotopic (exact) mass is 360 g/mol. The molecule has 0 spiro atoms. The molecule has 2 N–H and O–H groups in total. The van der Waals surface area contributed by atoms with E-state index in [2.05, 4.69) is 26.2 Å². The van der Waals surface area contributed by atoms with Crippen LogP contribution in [0.2, 0.25) is 0 Å². The maximum atomic E-state index is 13.7. The summed E-state index contributed by atoms with van der Waals surface area (Å²) in [5.41, 5.74) is 1.98. The number of hydrogen-bond donors (Lipinski definition) is 2. The summed E-state index contributed by atoms with van der Waals surface area (Å²) in [6.45, 7) is 0.215. The van der Waals surface area contributed by atoms with Gasteiger partial charge in [-0.25, -0.2) is 4.39 Å². The summed E-state index contributed by atoms with van der Waals surface area (Å²) >= 11 is 3.47. The SMILES string of the molecule is OC(CNc1ccnc2c(Br)cccc12)c1ccccc1F. The molecule has 1 heterocycles. The highest BCUT2D eigenvalue weighted by Crippen LogP contribution is 2.28. The largest absolute Gasteiger partial charge is 0.386 e. The Hall–Kier alpha value is -1.98. The fourth-order valence-corrected chi connectivity index (χ4v) is 2.82. The number of aliphatic hydroxyl groups excluding tert-OH is 1. The standard InChI is InChI=1S/C17H14BrFN2O/c18-13-6-3-5-12-15(8-9-20-17(12)13)21-10-16(22)11-4-1-2-7-14(11)19/h1-9,16,22H,10H2,(H,20,21). The zero-order valence-electron chi connectivity index (χ0n) is 11.6. The van der Waals surface area contributed by atoms with Crippen LogP contribution < -0.4 is 5.32 Å². The number of aromatic nitrogens is 1. The van der Waals surface area contributed by atoms with Crippen molar-refractivity contribution in [2.75, 3.05) is 11.9 Å². The molecule has 0 saturated carbocycles. The number of aliphatic hydroxyl groups is 1. The van der Waals surface area contributed by atoms with Gasteiger partial charge < -0.3 is 10.4 Å². The van der Waals surface area contributed by atoms with Crippen LogP contribution in [-0.2, 0) is 0 Å². The lowest BCUT2D eigenvalue weighted by molar-refractivity contribution is 0.186. The third kappa shape index (κ3) is 2.96. The van der Waals surface area contributed by atoms with Crippen LogP contribution in [0.3, 0.4) is 0 Å². The van der Waals surface area contributed by atoms with Crippen molar-refractivity contribution in [3.63, 3.8) is 0 Å². The third-order valence-corrected chi connectivity index (χ3v) is 4.11. The molecule has 0 aliphatic rings. The lowest BCUT2D eigenvalue weighted by Crippen LogP contribution is -2.13. The van der Waals surface area contributed by atoms with Crippen molar-refractivity contribution in [3.8, 4) is 0 Å². The smallest absolute Gasteiger partial charge is 0.129 e. The first-order chi connectivity index (χ1) is 10.7. The molecular formula is C17H14BrFN2O. The lowest BCUT2D eigenvalue weighted by atomic mass is 10.1. The van der Waals surface area contributed by atoms with Gasteiger partial charge in [0.1, 0.15) is 5.82 Å². The lowest BCUT2D eigenvalue weighted by Gasteiger charge is -2.15. The number of benzene rings is 2. The van der Waals surface area contributed by atoms with Crippen molar-refractivity contribution in [2.24, 2.45) is 0 Å². The van der Waals surface area contributed by atoms with Gasteiger partial charge in [-0.3, -0.25) is 4.98 Å². The maximum Gasteiger partial charge on any atom is 0.129 e. The van der Waals surface area contributed by atoms with Gasteiger partial charge in [-0.15, -0.1) is 0 Å². The summed E-state index contributed by atoms with van der Waals surface area (Å²) in [4.78, 5) is 4.33. The number of pyridine rings is 1. The molecule has 1 atom stereocenters. The second-order valence-electron chi connectivity index (χ2n) is 4.91. The maximum absolute atomic E-state index is 13.7. The molecule has 3 aromatic rings. The minimum Gasteiger partial charge on any atom is -0.386 e. The summed E-state index contributed by atoms with van der Waals surface area (Å²) < 4.78 is 14.6. The van der Waals surface area contributed by atoms with Gasteiger partial charge in [0.2, 0.25) is 0 Å². The zero-order valence-corrected chi connectivity index (χ0v) is 13.2. The van der Waals surface area contributed by atoms with E-state index in [9.17, 15) is 9.50 Å². The van der Waals surface area contributed by atoms with Crippen LogP contribution in [0, 0.1) is 5.82 Å². The van der Waals surface area contributed by atoms with E-state index in [4.69, 9.17) is 0 Å². The molecule has 3 nitrogen and oxygen atoms in total. The van der Waals surface area contributed by atoms with Gasteiger partial charge in [0.05, 0.1) is 11.6 Å². The molecule has 3 rings (SSSR count). The Bertz CT molecular complexity index is 810. The van der Waals surface area contributed by atoms with Crippen LogP contribution in [-0.4, -0.2) is 16.6 Å². The summed E-state index contributed by atoms with van der Waals surface area (Å²) in [6, 6.07) is 13.9. The van der Waals surface area contributed by atoms with Gasteiger partial charge in [-0.05, 0) is 34.1 Å². The van der Waals surface area contributed by atoms with Crippen LogP contribution in [0.4, 0.5) is 10.1 Å². The Morgan fingerprint density at radius 3 is 2.77 bits per heavy atom. The molecular weight excluding hydrogens is 347 g/mol. The quantitative estimate of drug-likeness (QED) is 0.729. The zero-order chi connectivity index (χ0) is 15.5. The number of nitrogens with one attached hydrogen (secondary N) is 1. The molecule has 0 aliphatic heterocycles. The first-order valence-corrected chi connectivity index (χ1v) is 7.65. The van der Waals surface area contributed by atoms with Crippen LogP contribution in [0.25, 0.3) is 10.9 Å². The van der Waals surface area contributed by atoms with Gasteiger partial charge in [0.25, 0.3) is 0 Å². The Morgan fingerprint density at radius 1 is 1.14 bits per heavy atom. The molecule has 0 fully saturated rings. The van der Waals surface area contributed by atoms with Crippen LogP contribution in [0.15, 0.2) is 59.2 Å². The Morgan fingerprint density at radius 2 is 1.95 bits per heavy atom. The number of nitrogens with zero attached hydrogens (tertiary/aromatic N) is 1. The molecule has 22 heavy (non-hydrogen) atoms. The Kier molecular flexibility index (Phi) is 4.36. The number of anilines is 1. The number of hydrogen-bond acceptors (Lipinski definition) is 3. The normalized spacial score (nSPS) is 12.3. The molecule has 1 aromatic heterocycles. The molecule has 1 unspecified atom stereocenters. The molecule has 0 saturated heterocycles. The molecule has 0 radical (unpaired) electrons. The van der Waals surface area contributed by atoms with E-state index < -0.39 is 11.9 Å². The molecule has 0 bridgehead atoms. The van der Waals surface area contributed by atoms with E-state index in [1.807, 2.05) is 24.3 Å². The highest BCUT2D eigenvalue weighted by Gasteiger charge is 2.12. The fraction of sp³-hybridized carbons (Fsp3) is 0.118. The van der Waals surface area contributed by atoms with E-state index in [1.165, 1.54) is 6.07 Å². The summed E-state index contributed by atoms with van der Waals surface area (Å²) in [5.74, 6) is -0.404. The van der Waals surface area contributed by atoms with Crippen molar-refractivity contribution in [1.82, 2.24) is 4.98 Å². The van der Waals surface area contributed by atoms with Crippen molar-refractivity contribution in [1.29, 1.82) is 0 Å². The first-order valence-electron chi connectivity index (χ1n) is 6.86. The number of fused-ring (bicyclic) bond motifs is 1. The van der Waals surface area contributed by atoms with Crippen LogP contribution in [0.5, 0.6) is 0 Å². The average Bonchev–Trinajstić information content (AvgIpc) is 2.53. The van der Waals surface area contributed by atoms with Crippen molar-refractivity contribution < 1.29 is 9.50 Å². The average molecular weight is 361 g/mol.